The molecule has 0 aromatic heterocycles. The van der Waals surface area contributed by atoms with Crippen molar-refractivity contribution in [1.29, 1.82) is 0 Å². The zero-order valence-electron chi connectivity index (χ0n) is 14.8. The smallest absolute Gasteiger partial charge is 0.246 e. The molecule has 2 aromatic carbocycles. The molecule has 1 saturated heterocycles. The number of allylic oxidation sites excluding steroid dienone is 1. The van der Waals surface area contributed by atoms with Gasteiger partial charge < -0.3 is 4.90 Å². The number of piperazine rings is 1. The molecule has 1 amide bonds. The minimum atomic E-state index is -0.165. The lowest BCUT2D eigenvalue weighted by atomic mass is 10.1. The first-order valence-corrected chi connectivity index (χ1v) is 9.51. The van der Waals surface area contributed by atoms with E-state index in [1.54, 1.807) is 35.2 Å². The standard InChI is InChI=1S/C21H20Cl2N2O2/c22-18-7-6-16(14-19(18)23)15-24-10-12-25(13-11-24)21(27)9-8-20(26)17-4-2-1-3-5-17/h1-9,14H,10-13,15H2/b9-8+. The Kier molecular flexibility index (Phi) is 6.67. The van der Waals surface area contributed by atoms with E-state index in [2.05, 4.69) is 4.90 Å². The van der Waals surface area contributed by atoms with Gasteiger partial charge in [-0.1, -0.05) is 59.6 Å². The van der Waals surface area contributed by atoms with Crippen molar-refractivity contribution in [3.05, 3.63) is 81.9 Å². The quantitative estimate of drug-likeness (QED) is 0.558. The molecule has 0 atom stereocenters. The largest absolute Gasteiger partial charge is 0.337 e. The average Bonchev–Trinajstić information content (AvgIpc) is 2.70. The van der Waals surface area contributed by atoms with Gasteiger partial charge in [-0.3, -0.25) is 14.5 Å². The van der Waals surface area contributed by atoms with Crippen molar-refractivity contribution < 1.29 is 9.59 Å². The van der Waals surface area contributed by atoms with Gasteiger partial charge in [-0.15, -0.1) is 0 Å². The fraction of sp³-hybridized carbons (Fsp3) is 0.238. The predicted octanol–water partition coefficient (Wildman–Crippen LogP) is 4.08. The van der Waals surface area contributed by atoms with Crippen molar-refractivity contribution in [3.63, 3.8) is 0 Å². The zero-order valence-corrected chi connectivity index (χ0v) is 16.3. The van der Waals surface area contributed by atoms with Gasteiger partial charge >= 0.3 is 0 Å². The second-order valence-corrected chi connectivity index (χ2v) is 7.23. The molecule has 0 unspecified atom stereocenters. The van der Waals surface area contributed by atoms with Gasteiger partial charge in [-0.05, 0) is 23.8 Å². The maximum absolute atomic E-state index is 12.3. The molecular formula is C21H20Cl2N2O2. The summed E-state index contributed by atoms with van der Waals surface area (Å²) in [6, 6.07) is 14.6. The molecule has 0 radical (unpaired) electrons. The average molecular weight is 403 g/mol. The molecule has 1 aliphatic heterocycles. The molecule has 0 aliphatic carbocycles. The number of benzene rings is 2. The summed E-state index contributed by atoms with van der Waals surface area (Å²) in [5, 5.41) is 1.10. The maximum atomic E-state index is 12.3. The van der Waals surface area contributed by atoms with Crippen LogP contribution in [0.4, 0.5) is 0 Å². The first-order valence-electron chi connectivity index (χ1n) is 8.75. The van der Waals surface area contributed by atoms with Crippen molar-refractivity contribution in [2.24, 2.45) is 0 Å². The Balaban J connectivity index is 1.49. The van der Waals surface area contributed by atoms with Crippen LogP contribution in [-0.4, -0.2) is 47.7 Å². The van der Waals surface area contributed by atoms with E-state index in [9.17, 15) is 9.59 Å². The molecule has 140 valence electrons. The second-order valence-electron chi connectivity index (χ2n) is 6.41. The third-order valence-corrected chi connectivity index (χ3v) is 5.25. The summed E-state index contributed by atoms with van der Waals surface area (Å²) >= 11 is 12.0. The summed E-state index contributed by atoms with van der Waals surface area (Å²) < 4.78 is 0. The lowest BCUT2D eigenvalue weighted by Gasteiger charge is -2.34. The zero-order chi connectivity index (χ0) is 19.2. The van der Waals surface area contributed by atoms with E-state index >= 15 is 0 Å². The summed E-state index contributed by atoms with van der Waals surface area (Å²) in [6.45, 7) is 3.56. The number of rotatable bonds is 5. The number of carbonyl (C=O) groups is 2. The van der Waals surface area contributed by atoms with Gasteiger partial charge in [-0.25, -0.2) is 0 Å². The van der Waals surface area contributed by atoms with E-state index in [4.69, 9.17) is 23.2 Å². The highest BCUT2D eigenvalue weighted by Gasteiger charge is 2.20. The molecule has 0 spiro atoms. The number of halogens is 2. The molecule has 1 heterocycles. The van der Waals surface area contributed by atoms with E-state index < -0.39 is 0 Å². The Hall–Kier alpha value is -2.14. The summed E-state index contributed by atoms with van der Waals surface area (Å²) in [4.78, 5) is 28.4. The molecule has 0 N–H and O–H groups in total. The van der Waals surface area contributed by atoms with Crippen LogP contribution in [0, 0.1) is 0 Å². The molecule has 1 aliphatic rings. The topological polar surface area (TPSA) is 40.6 Å². The highest BCUT2D eigenvalue weighted by atomic mass is 35.5. The van der Waals surface area contributed by atoms with E-state index in [1.807, 2.05) is 18.2 Å². The summed E-state index contributed by atoms with van der Waals surface area (Å²) in [6.07, 6.45) is 2.71. The van der Waals surface area contributed by atoms with Crippen LogP contribution in [0.2, 0.25) is 10.0 Å². The van der Waals surface area contributed by atoms with Crippen molar-refractivity contribution >= 4 is 34.9 Å². The van der Waals surface area contributed by atoms with Crippen LogP contribution >= 0.6 is 23.2 Å². The molecule has 3 rings (SSSR count). The van der Waals surface area contributed by atoms with Gasteiger partial charge in [-0.2, -0.15) is 0 Å². The Bertz CT molecular complexity index is 845. The monoisotopic (exact) mass is 402 g/mol. The van der Waals surface area contributed by atoms with Crippen LogP contribution in [0.5, 0.6) is 0 Å². The molecule has 6 heteroatoms. The van der Waals surface area contributed by atoms with Gasteiger partial charge in [0.05, 0.1) is 10.0 Å². The van der Waals surface area contributed by atoms with Crippen LogP contribution in [-0.2, 0) is 11.3 Å². The lowest BCUT2D eigenvalue weighted by molar-refractivity contribution is -0.127. The number of amides is 1. The van der Waals surface area contributed by atoms with Crippen LogP contribution in [0.1, 0.15) is 15.9 Å². The SMILES string of the molecule is O=C(/C=C/C(=O)N1CCN(Cc2ccc(Cl)c(Cl)c2)CC1)c1ccccc1. The number of carbonyl (C=O) groups excluding carboxylic acids is 2. The van der Waals surface area contributed by atoms with Crippen LogP contribution in [0.3, 0.4) is 0 Å². The van der Waals surface area contributed by atoms with E-state index in [1.165, 1.54) is 12.2 Å². The Labute approximate surface area is 169 Å². The van der Waals surface area contributed by atoms with Crippen molar-refractivity contribution in [2.75, 3.05) is 26.2 Å². The molecule has 27 heavy (non-hydrogen) atoms. The Morgan fingerprint density at radius 1 is 0.889 bits per heavy atom. The first-order chi connectivity index (χ1) is 13.0. The molecule has 0 saturated carbocycles. The van der Waals surface area contributed by atoms with Crippen LogP contribution < -0.4 is 0 Å². The Morgan fingerprint density at radius 2 is 1.59 bits per heavy atom. The number of nitrogens with zero attached hydrogens (tertiary/aromatic N) is 2. The minimum Gasteiger partial charge on any atom is -0.337 e. The highest BCUT2D eigenvalue weighted by molar-refractivity contribution is 6.42. The maximum Gasteiger partial charge on any atom is 0.246 e. The van der Waals surface area contributed by atoms with Crippen molar-refractivity contribution in [2.45, 2.75) is 6.54 Å². The lowest BCUT2D eigenvalue weighted by Crippen LogP contribution is -2.47. The normalized spacial score (nSPS) is 15.3. The number of hydrogen-bond donors (Lipinski definition) is 0. The predicted molar refractivity (Wildman–Crippen MR) is 108 cm³/mol. The van der Waals surface area contributed by atoms with Gasteiger partial charge in [0.1, 0.15) is 0 Å². The second kappa shape index (κ2) is 9.18. The summed E-state index contributed by atoms with van der Waals surface area (Å²) in [5.41, 5.74) is 1.67. The third-order valence-electron chi connectivity index (χ3n) is 4.51. The summed E-state index contributed by atoms with van der Waals surface area (Å²) in [7, 11) is 0. The van der Waals surface area contributed by atoms with Crippen molar-refractivity contribution in [1.82, 2.24) is 9.80 Å². The Morgan fingerprint density at radius 3 is 2.26 bits per heavy atom. The fourth-order valence-corrected chi connectivity index (χ4v) is 3.29. The van der Waals surface area contributed by atoms with Gasteiger partial charge in [0, 0.05) is 44.4 Å². The molecule has 4 nitrogen and oxygen atoms in total. The van der Waals surface area contributed by atoms with Gasteiger partial charge in [0.25, 0.3) is 0 Å². The molecule has 1 fully saturated rings. The fourth-order valence-electron chi connectivity index (χ4n) is 2.97. The van der Waals surface area contributed by atoms with Gasteiger partial charge in [0.2, 0.25) is 5.91 Å². The molecule has 0 bridgehead atoms. The van der Waals surface area contributed by atoms with Crippen molar-refractivity contribution in [3.8, 4) is 0 Å². The van der Waals surface area contributed by atoms with E-state index in [0.29, 0.717) is 28.7 Å². The van der Waals surface area contributed by atoms with Crippen LogP contribution in [0.15, 0.2) is 60.7 Å². The molecule has 2 aromatic rings. The number of hydrogen-bond acceptors (Lipinski definition) is 3. The highest BCUT2D eigenvalue weighted by Crippen LogP contribution is 2.23. The van der Waals surface area contributed by atoms with E-state index in [-0.39, 0.29) is 11.7 Å². The number of ketones is 1. The van der Waals surface area contributed by atoms with Gasteiger partial charge in [0.15, 0.2) is 5.78 Å². The minimum absolute atomic E-state index is 0.131. The van der Waals surface area contributed by atoms with Crippen LogP contribution in [0.25, 0.3) is 0 Å². The summed E-state index contributed by atoms with van der Waals surface area (Å²) in [5.74, 6) is -0.296. The third kappa shape index (κ3) is 5.42. The molecular weight excluding hydrogens is 383 g/mol. The first kappa shape index (κ1) is 19.6. The van der Waals surface area contributed by atoms with E-state index in [0.717, 1.165) is 25.2 Å².